The van der Waals surface area contributed by atoms with E-state index in [-0.39, 0.29) is 12.3 Å². The quantitative estimate of drug-likeness (QED) is 0.843. The molecule has 0 amide bonds. The molecule has 1 aromatic carbocycles. The average Bonchev–Trinajstić information content (AvgIpc) is 2.39. The highest BCUT2D eigenvalue weighted by atomic mass is 19.1. The van der Waals surface area contributed by atoms with Gasteiger partial charge < -0.3 is 5.11 Å². The first-order valence-electron chi connectivity index (χ1n) is 6.30. The number of benzene rings is 1. The third-order valence-corrected chi connectivity index (χ3v) is 3.37. The van der Waals surface area contributed by atoms with Gasteiger partial charge in [0.05, 0.1) is 12.5 Å². The summed E-state index contributed by atoms with van der Waals surface area (Å²) >= 11 is 0. The van der Waals surface area contributed by atoms with Crippen molar-refractivity contribution < 1.29 is 19.1 Å². The van der Waals surface area contributed by atoms with Crippen LogP contribution >= 0.6 is 0 Å². The molecule has 0 bridgehead atoms. The Labute approximate surface area is 110 Å². The van der Waals surface area contributed by atoms with Crippen molar-refractivity contribution in [2.24, 2.45) is 5.92 Å². The summed E-state index contributed by atoms with van der Waals surface area (Å²) in [7, 11) is 0. The lowest BCUT2D eigenvalue weighted by molar-refractivity contribution is -0.143. The van der Waals surface area contributed by atoms with Crippen LogP contribution in [0.5, 0.6) is 0 Å². The van der Waals surface area contributed by atoms with Crippen LogP contribution in [0.3, 0.4) is 0 Å². The molecule has 1 saturated heterocycles. The molecule has 1 aliphatic heterocycles. The molecule has 0 radical (unpaired) electrons. The maximum atomic E-state index is 13.0. The maximum absolute atomic E-state index is 13.0. The van der Waals surface area contributed by atoms with Gasteiger partial charge in [-0.05, 0) is 31.5 Å². The van der Waals surface area contributed by atoms with Gasteiger partial charge in [-0.2, -0.15) is 0 Å². The molecule has 1 fully saturated rings. The van der Waals surface area contributed by atoms with Crippen molar-refractivity contribution in [3.05, 3.63) is 35.6 Å². The molecular formula is C14H16FNO3. The number of ketones is 1. The van der Waals surface area contributed by atoms with Crippen LogP contribution in [0.4, 0.5) is 4.39 Å². The molecule has 1 aliphatic rings. The van der Waals surface area contributed by atoms with E-state index in [4.69, 9.17) is 5.11 Å². The Bertz CT molecular complexity index is 489. The summed E-state index contributed by atoms with van der Waals surface area (Å²) in [6, 6.07) is 5.57. The second kappa shape index (κ2) is 5.93. The van der Waals surface area contributed by atoms with Gasteiger partial charge in [0.25, 0.3) is 0 Å². The van der Waals surface area contributed by atoms with E-state index >= 15 is 0 Å². The molecule has 1 aromatic rings. The fourth-order valence-corrected chi connectivity index (χ4v) is 2.36. The first-order chi connectivity index (χ1) is 9.06. The Hall–Kier alpha value is -1.75. The average molecular weight is 265 g/mol. The number of rotatable bonds is 4. The molecule has 102 valence electrons. The normalized spacial score (nSPS) is 20.2. The minimum absolute atomic E-state index is 0.146. The second-order valence-electron chi connectivity index (χ2n) is 4.85. The number of hydrogen-bond donors (Lipinski definition) is 1. The Kier molecular flexibility index (Phi) is 4.27. The van der Waals surface area contributed by atoms with Crippen molar-refractivity contribution in [3.63, 3.8) is 0 Å². The fraction of sp³-hybridized carbons (Fsp3) is 0.429. The number of Topliss-reactive ketones (excluding diaryl/α,β-unsaturated/α-hetero) is 1. The van der Waals surface area contributed by atoms with E-state index in [2.05, 4.69) is 0 Å². The maximum Gasteiger partial charge on any atom is 0.307 e. The molecule has 0 spiro atoms. The standard InChI is InChI=1S/C14H16FNO3/c15-12-5-1-3-10(7-12)13(17)9-16-6-2-4-11(8-16)14(18)19/h1,3,5,7,11H,2,4,6,8-9H2,(H,18,19). The molecule has 1 heterocycles. The van der Waals surface area contributed by atoms with E-state index in [1.807, 2.05) is 4.90 Å². The summed E-state index contributed by atoms with van der Waals surface area (Å²) in [4.78, 5) is 24.8. The predicted octanol–water partition coefficient (Wildman–Crippen LogP) is 1.80. The third-order valence-electron chi connectivity index (χ3n) is 3.37. The molecule has 5 heteroatoms. The zero-order valence-corrected chi connectivity index (χ0v) is 10.5. The fourth-order valence-electron chi connectivity index (χ4n) is 2.36. The number of carbonyl (C=O) groups is 2. The summed E-state index contributed by atoms with van der Waals surface area (Å²) in [5.41, 5.74) is 0.331. The number of nitrogens with zero attached hydrogens (tertiary/aromatic N) is 1. The summed E-state index contributed by atoms with van der Waals surface area (Å²) in [6.07, 6.45) is 1.42. The zero-order chi connectivity index (χ0) is 13.8. The van der Waals surface area contributed by atoms with Crippen molar-refractivity contribution >= 4 is 11.8 Å². The number of piperidine rings is 1. The van der Waals surface area contributed by atoms with E-state index in [0.717, 1.165) is 6.42 Å². The van der Waals surface area contributed by atoms with Crippen LogP contribution in [0.1, 0.15) is 23.2 Å². The lowest BCUT2D eigenvalue weighted by atomic mass is 9.98. The highest BCUT2D eigenvalue weighted by Gasteiger charge is 2.26. The Morgan fingerprint density at radius 1 is 1.42 bits per heavy atom. The Morgan fingerprint density at radius 3 is 2.89 bits per heavy atom. The number of halogens is 1. The van der Waals surface area contributed by atoms with Crippen LogP contribution < -0.4 is 0 Å². The van der Waals surface area contributed by atoms with Crippen molar-refractivity contribution in [1.29, 1.82) is 0 Å². The number of hydrogen-bond acceptors (Lipinski definition) is 3. The highest BCUT2D eigenvalue weighted by Crippen LogP contribution is 2.17. The van der Waals surface area contributed by atoms with Crippen LogP contribution in [0.15, 0.2) is 24.3 Å². The molecule has 0 aromatic heterocycles. The van der Waals surface area contributed by atoms with E-state index in [1.165, 1.54) is 18.2 Å². The zero-order valence-electron chi connectivity index (χ0n) is 10.5. The van der Waals surface area contributed by atoms with Crippen molar-refractivity contribution in [3.8, 4) is 0 Å². The lowest BCUT2D eigenvalue weighted by Gasteiger charge is -2.29. The van der Waals surface area contributed by atoms with E-state index in [0.29, 0.717) is 25.1 Å². The minimum atomic E-state index is -0.817. The van der Waals surface area contributed by atoms with Crippen LogP contribution in [0.25, 0.3) is 0 Å². The number of carboxylic acid groups (broad SMARTS) is 1. The second-order valence-corrected chi connectivity index (χ2v) is 4.85. The molecular weight excluding hydrogens is 249 g/mol. The molecule has 4 nitrogen and oxygen atoms in total. The first-order valence-corrected chi connectivity index (χ1v) is 6.30. The molecule has 1 atom stereocenters. The van der Waals surface area contributed by atoms with Gasteiger partial charge >= 0.3 is 5.97 Å². The summed E-state index contributed by atoms with van der Waals surface area (Å²) in [5.74, 6) is -1.84. The molecule has 19 heavy (non-hydrogen) atoms. The number of carboxylic acids is 1. The van der Waals surface area contributed by atoms with Gasteiger partial charge in [0.1, 0.15) is 5.82 Å². The number of aliphatic carboxylic acids is 1. The third kappa shape index (κ3) is 3.61. The number of likely N-dealkylation sites (tertiary alicyclic amines) is 1. The SMILES string of the molecule is O=C(CN1CCCC(C(=O)O)C1)c1cccc(F)c1. The van der Waals surface area contributed by atoms with Crippen LogP contribution in [0.2, 0.25) is 0 Å². The van der Waals surface area contributed by atoms with Crippen molar-refractivity contribution in [2.45, 2.75) is 12.8 Å². The van der Waals surface area contributed by atoms with Gasteiger partial charge in [-0.25, -0.2) is 4.39 Å². The molecule has 1 N–H and O–H groups in total. The predicted molar refractivity (Wildman–Crippen MR) is 67.5 cm³/mol. The summed E-state index contributed by atoms with van der Waals surface area (Å²) < 4.78 is 13.0. The van der Waals surface area contributed by atoms with Gasteiger partial charge in [0.2, 0.25) is 0 Å². The van der Waals surface area contributed by atoms with Gasteiger partial charge in [-0.1, -0.05) is 12.1 Å². The minimum Gasteiger partial charge on any atom is -0.481 e. The van der Waals surface area contributed by atoms with Crippen molar-refractivity contribution in [1.82, 2.24) is 4.90 Å². The first kappa shape index (κ1) is 13.7. The topological polar surface area (TPSA) is 57.6 Å². The summed E-state index contributed by atoms with van der Waals surface area (Å²) in [6.45, 7) is 1.24. The van der Waals surface area contributed by atoms with Gasteiger partial charge in [-0.3, -0.25) is 14.5 Å². The summed E-state index contributed by atoms with van der Waals surface area (Å²) in [5, 5.41) is 8.98. The van der Waals surface area contributed by atoms with Crippen molar-refractivity contribution in [2.75, 3.05) is 19.6 Å². The molecule has 0 aliphatic carbocycles. The largest absolute Gasteiger partial charge is 0.481 e. The van der Waals surface area contributed by atoms with Crippen LogP contribution in [-0.4, -0.2) is 41.4 Å². The van der Waals surface area contributed by atoms with E-state index in [1.54, 1.807) is 6.07 Å². The van der Waals surface area contributed by atoms with E-state index in [9.17, 15) is 14.0 Å². The number of carbonyl (C=O) groups excluding carboxylic acids is 1. The van der Waals surface area contributed by atoms with Gasteiger partial charge in [0, 0.05) is 12.1 Å². The molecule has 0 saturated carbocycles. The van der Waals surface area contributed by atoms with Crippen LogP contribution in [0, 0.1) is 11.7 Å². The molecule has 1 unspecified atom stereocenters. The Balaban J connectivity index is 1.97. The lowest BCUT2D eigenvalue weighted by Crippen LogP contribution is -2.41. The van der Waals surface area contributed by atoms with E-state index < -0.39 is 17.7 Å². The van der Waals surface area contributed by atoms with Gasteiger partial charge in [-0.15, -0.1) is 0 Å². The Morgan fingerprint density at radius 2 is 2.21 bits per heavy atom. The van der Waals surface area contributed by atoms with Gasteiger partial charge in [0.15, 0.2) is 5.78 Å². The monoisotopic (exact) mass is 265 g/mol. The smallest absolute Gasteiger partial charge is 0.307 e. The van der Waals surface area contributed by atoms with Crippen LogP contribution in [-0.2, 0) is 4.79 Å². The highest BCUT2D eigenvalue weighted by molar-refractivity contribution is 5.97. The molecule has 2 rings (SSSR count).